The quantitative estimate of drug-likeness (QED) is 0.537. The second-order valence-corrected chi connectivity index (χ2v) is 8.66. The summed E-state index contributed by atoms with van der Waals surface area (Å²) in [5.41, 5.74) is 4.95. The Hall–Kier alpha value is -2.89. The summed E-state index contributed by atoms with van der Waals surface area (Å²) in [5, 5.41) is 0.776. The van der Waals surface area contributed by atoms with E-state index in [1.165, 1.54) is 5.56 Å². The van der Waals surface area contributed by atoms with E-state index >= 15 is 0 Å². The number of carbonyl (C=O) groups is 1. The van der Waals surface area contributed by atoms with Gasteiger partial charge in [-0.15, -0.1) is 0 Å². The SMILES string of the molecule is Cc1cc(OCc2ccc(C(=O)N3CCN(Cc4cccnc4)CC3)cc2)cc(C)c1Cl. The van der Waals surface area contributed by atoms with E-state index in [1.54, 1.807) is 6.20 Å². The van der Waals surface area contributed by atoms with Crippen LogP contribution in [0.5, 0.6) is 5.75 Å². The maximum atomic E-state index is 12.9. The first kappa shape index (κ1) is 22.3. The van der Waals surface area contributed by atoms with Crippen molar-refractivity contribution in [2.75, 3.05) is 26.2 Å². The van der Waals surface area contributed by atoms with Crippen molar-refractivity contribution in [1.82, 2.24) is 14.8 Å². The van der Waals surface area contributed by atoms with Crippen molar-refractivity contribution in [2.24, 2.45) is 0 Å². The van der Waals surface area contributed by atoms with Gasteiger partial charge >= 0.3 is 0 Å². The normalized spacial score (nSPS) is 14.4. The summed E-state index contributed by atoms with van der Waals surface area (Å²) < 4.78 is 5.92. The monoisotopic (exact) mass is 449 g/mol. The molecule has 1 aromatic heterocycles. The number of piperazine rings is 1. The number of ether oxygens (including phenoxy) is 1. The Balaban J connectivity index is 1.29. The van der Waals surface area contributed by atoms with Crippen LogP contribution in [0.3, 0.4) is 0 Å². The molecule has 0 saturated carbocycles. The molecule has 1 aliphatic rings. The Kier molecular flexibility index (Phi) is 7.08. The number of rotatable bonds is 6. The number of carbonyl (C=O) groups excluding carboxylic acids is 1. The lowest BCUT2D eigenvalue weighted by Crippen LogP contribution is -2.48. The van der Waals surface area contributed by atoms with Crippen LogP contribution in [0.1, 0.15) is 32.6 Å². The molecule has 2 heterocycles. The molecule has 0 bridgehead atoms. The molecule has 6 heteroatoms. The van der Waals surface area contributed by atoms with Crippen molar-refractivity contribution in [2.45, 2.75) is 27.0 Å². The summed E-state index contributed by atoms with van der Waals surface area (Å²) in [6, 6.07) is 15.6. The van der Waals surface area contributed by atoms with E-state index in [0.29, 0.717) is 12.2 Å². The molecule has 166 valence electrons. The molecule has 3 aromatic rings. The number of halogens is 1. The maximum absolute atomic E-state index is 12.9. The Morgan fingerprint density at radius 3 is 2.31 bits per heavy atom. The van der Waals surface area contributed by atoms with Crippen LogP contribution in [0, 0.1) is 13.8 Å². The number of hydrogen-bond donors (Lipinski definition) is 0. The summed E-state index contributed by atoms with van der Waals surface area (Å²) in [6.45, 7) is 8.47. The molecule has 1 aliphatic heterocycles. The third-order valence-electron chi connectivity index (χ3n) is 5.80. The van der Waals surface area contributed by atoms with E-state index in [1.807, 2.05) is 67.4 Å². The van der Waals surface area contributed by atoms with Crippen LogP contribution >= 0.6 is 11.6 Å². The van der Waals surface area contributed by atoms with Gasteiger partial charge in [0.1, 0.15) is 12.4 Å². The van der Waals surface area contributed by atoms with E-state index in [2.05, 4.69) is 16.0 Å². The first-order valence-corrected chi connectivity index (χ1v) is 11.3. The van der Waals surface area contributed by atoms with Gasteiger partial charge in [0.05, 0.1) is 0 Å². The first-order valence-electron chi connectivity index (χ1n) is 10.9. The lowest BCUT2D eigenvalue weighted by molar-refractivity contribution is 0.0628. The minimum atomic E-state index is 0.0856. The number of pyridine rings is 1. The topological polar surface area (TPSA) is 45.7 Å². The van der Waals surface area contributed by atoms with E-state index in [9.17, 15) is 4.79 Å². The molecule has 1 saturated heterocycles. The zero-order valence-electron chi connectivity index (χ0n) is 18.6. The number of aromatic nitrogens is 1. The highest BCUT2D eigenvalue weighted by atomic mass is 35.5. The van der Waals surface area contributed by atoms with Gasteiger partial charge in [-0.25, -0.2) is 0 Å². The Bertz CT molecular complexity index is 1040. The van der Waals surface area contributed by atoms with Crippen molar-refractivity contribution in [3.05, 3.63) is 93.8 Å². The number of hydrogen-bond acceptors (Lipinski definition) is 4. The molecule has 0 aliphatic carbocycles. The third kappa shape index (κ3) is 5.47. The van der Waals surface area contributed by atoms with Crippen LogP contribution < -0.4 is 4.74 Å². The predicted octanol–water partition coefficient (Wildman–Crippen LogP) is 4.89. The van der Waals surface area contributed by atoms with Crippen LogP contribution in [0.25, 0.3) is 0 Å². The summed E-state index contributed by atoms with van der Waals surface area (Å²) in [7, 11) is 0. The highest BCUT2D eigenvalue weighted by molar-refractivity contribution is 6.32. The molecule has 2 aromatic carbocycles. The average Bonchev–Trinajstić information content (AvgIpc) is 2.82. The van der Waals surface area contributed by atoms with Crippen molar-refractivity contribution < 1.29 is 9.53 Å². The molecule has 1 amide bonds. The zero-order chi connectivity index (χ0) is 22.5. The van der Waals surface area contributed by atoms with Crippen molar-refractivity contribution in [3.63, 3.8) is 0 Å². The van der Waals surface area contributed by atoms with Gasteiger partial charge < -0.3 is 9.64 Å². The van der Waals surface area contributed by atoms with Gasteiger partial charge in [-0.3, -0.25) is 14.7 Å². The number of amides is 1. The summed E-state index contributed by atoms with van der Waals surface area (Å²) in [5.74, 6) is 0.885. The second kappa shape index (κ2) is 10.2. The standard InChI is InChI=1S/C26H28ClN3O2/c1-19-14-24(15-20(2)25(19)27)32-18-21-5-7-23(8-6-21)26(31)30-12-10-29(11-13-30)17-22-4-3-9-28-16-22/h3-9,14-16H,10-13,17-18H2,1-2H3. The van der Waals surface area contributed by atoms with Crippen LogP contribution in [-0.4, -0.2) is 46.9 Å². The smallest absolute Gasteiger partial charge is 0.253 e. The number of nitrogens with zero attached hydrogens (tertiary/aromatic N) is 3. The zero-order valence-corrected chi connectivity index (χ0v) is 19.3. The minimum Gasteiger partial charge on any atom is -0.489 e. The lowest BCUT2D eigenvalue weighted by atomic mass is 10.1. The fraction of sp³-hybridized carbons (Fsp3) is 0.308. The summed E-state index contributed by atoms with van der Waals surface area (Å²) in [6.07, 6.45) is 3.69. The molecule has 4 rings (SSSR count). The fourth-order valence-electron chi connectivity index (χ4n) is 3.94. The molecule has 0 spiro atoms. The molecule has 0 atom stereocenters. The highest BCUT2D eigenvalue weighted by Crippen LogP contribution is 2.26. The van der Waals surface area contributed by atoms with Gasteiger partial charge in [-0.1, -0.05) is 29.8 Å². The fourth-order valence-corrected chi connectivity index (χ4v) is 4.05. The molecule has 32 heavy (non-hydrogen) atoms. The Morgan fingerprint density at radius 1 is 1.00 bits per heavy atom. The molecule has 0 radical (unpaired) electrons. The van der Waals surface area contributed by atoms with E-state index in [0.717, 1.165) is 60.2 Å². The van der Waals surface area contributed by atoms with Crippen molar-refractivity contribution in [1.29, 1.82) is 0 Å². The summed E-state index contributed by atoms with van der Waals surface area (Å²) >= 11 is 6.23. The van der Waals surface area contributed by atoms with E-state index < -0.39 is 0 Å². The van der Waals surface area contributed by atoms with Gasteiger partial charge in [0.25, 0.3) is 5.91 Å². The molecule has 0 N–H and O–H groups in total. The molecular formula is C26H28ClN3O2. The Labute approximate surface area is 194 Å². The van der Waals surface area contributed by atoms with Gasteiger partial charge in [0.2, 0.25) is 0 Å². The van der Waals surface area contributed by atoms with Crippen molar-refractivity contribution in [3.8, 4) is 5.75 Å². The average molecular weight is 450 g/mol. The third-order valence-corrected chi connectivity index (χ3v) is 6.40. The van der Waals surface area contributed by atoms with E-state index in [4.69, 9.17) is 16.3 Å². The van der Waals surface area contributed by atoms with Gasteiger partial charge in [-0.05, 0) is 66.4 Å². The van der Waals surface area contributed by atoms with Gasteiger partial charge in [0, 0.05) is 55.7 Å². The predicted molar refractivity (Wildman–Crippen MR) is 127 cm³/mol. The van der Waals surface area contributed by atoms with E-state index in [-0.39, 0.29) is 5.91 Å². The molecular weight excluding hydrogens is 422 g/mol. The van der Waals surface area contributed by atoms with Crippen molar-refractivity contribution >= 4 is 17.5 Å². The Morgan fingerprint density at radius 2 is 1.69 bits per heavy atom. The summed E-state index contributed by atoms with van der Waals surface area (Å²) in [4.78, 5) is 21.4. The second-order valence-electron chi connectivity index (χ2n) is 8.29. The minimum absolute atomic E-state index is 0.0856. The largest absolute Gasteiger partial charge is 0.489 e. The molecule has 5 nitrogen and oxygen atoms in total. The maximum Gasteiger partial charge on any atom is 0.253 e. The van der Waals surface area contributed by atoms with Gasteiger partial charge in [-0.2, -0.15) is 0 Å². The number of benzene rings is 2. The lowest BCUT2D eigenvalue weighted by Gasteiger charge is -2.34. The van der Waals surface area contributed by atoms with Crippen LogP contribution in [-0.2, 0) is 13.2 Å². The molecule has 1 fully saturated rings. The van der Waals surface area contributed by atoms with Gasteiger partial charge in [0.15, 0.2) is 0 Å². The van der Waals surface area contributed by atoms with Crippen LogP contribution in [0.4, 0.5) is 0 Å². The number of aryl methyl sites for hydroxylation is 2. The van der Waals surface area contributed by atoms with Crippen LogP contribution in [0.15, 0.2) is 60.9 Å². The molecule has 0 unspecified atom stereocenters. The van der Waals surface area contributed by atoms with Crippen LogP contribution in [0.2, 0.25) is 5.02 Å². The highest BCUT2D eigenvalue weighted by Gasteiger charge is 2.22. The first-order chi connectivity index (χ1) is 15.5.